The standard InChI is InChI=1S/C20H27N3O2/c1-20(2,3)25-19(24)23-13-6-7-15(11-14-23)22-18-10-4-9-17-16(18)8-5-12-21-17/h4-5,8-10,12,15,22H,6-7,11,13-14H2,1-3H3. The zero-order chi connectivity index (χ0) is 17.9. The summed E-state index contributed by atoms with van der Waals surface area (Å²) < 4.78 is 5.50. The van der Waals surface area contributed by atoms with E-state index in [1.54, 1.807) is 0 Å². The first kappa shape index (κ1) is 17.5. The summed E-state index contributed by atoms with van der Waals surface area (Å²) in [5.74, 6) is 0. The minimum atomic E-state index is -0.447. The molecule has 3 rings (SSSR count). The first-order chi connectivity index (χ1) is 11.9. The van der Waals surface area contributed by atoms with Crippen LogP contribution in [-0.4, -0.2) is 40.7 Å². The normalized spacial score (nSPS) is 18.7. The molecule has 2 heterocycles. The van der Waals surface area contributed by atoms with Crippen molar-refractivity contribution >= 4 is 22.7 Å². The number of aromatic nitrogens is 1. The van der Waals surface area contributed by atoms with E-state index in [4.69, 9.17) is 4.74 Å². The molecule has 0 radical (unpaired) electrons. The van der Waals surface area contributed by atoms with Gasteiger partial charge in [-0.05, 0) is 64.3 Å². The van der Waals surface area contributed by atoms with Crippen molar-refractivity contribution in [1.82, 2.24) is 9.88 Å². The average Bonchev–Trinajstić information content (AvgIpc) is 2.79. The van der Waals surface area contributed by atoms with Gasteiger partial charge in [0, 0.05) is 36.4 Å². The Balaban J connectivity index is 1.64. The summed E-state index contributed by atoms with van der Waals surface area (Å²) in [6.07, 6.45) is 4.53. The highest BCUT2D eigenvalue weighted by molar-refractivity contribution is 5.91. The molecule has 0 bridgehead atoms. The summed E-state index contributed by atoms with van der Waals surface area (Å²) in [5, 5.41) is 4.79. The number of fused-ring (bicyclic) bond motifs is 1. The number of hydrogen-bond acceptors (Lipinski definition) is 4. The number of likely N-dealkylation sites (tertiary alicyclic amines) is 1. The van der Waals surface area contributed by atoms with Gasteiger partial charge >= 0.3 is 6.09 Å². The molecule has 1 amide bonds. The molecule has 134 valence electrons. The minimum absolute atomic E-state index is 0.206. The third-order valence-corrected chi connectivity index (χ3v) is 4.39. The van der Waals surface area contributed by atoms with Crippen LogP contribution in [0.1, 0.15) is 40.0 Å². The summed E-state index contributed by atoms with van der Waals surface area (Å²) in [5.41, 5.74) is 1.66. The van der Waals surface area contributed by atoms with E-state index >= 15 is 0 Å². The van der Waals surface area contributed by atoms with E-state index in [2.05, 4.69) is 22.4 Å². The Morgan fingerprint density at radius 3 is 2.84 bits per heavy atom. The Hall–Kier alpha value is -2.30. The monoisotopic (exact) mass is 341 g/mol. The molecule has 1 aromatic heterocycles. The van der Waals surface area contributed by atoms with Crippen LogP contribution < -0.4 is 5.32 Å². The molecular weight excluding hydrogens is 314 g/mol. The maximum absolute atomic E-state index is 12.3. The second-order valence-corrected chi connectivity index (χ2v) is 7.62. The predicted molar refractivity (Wildman–Crippen MR) is 101 cm³/mol. The number of anilines is 1. The van der Waals surface area contributed by atoms with Crippen molar-refractivity contribution < 1.29 is 9.53 Å². The summed E-state index contributed by atoms with van der Waals surface area (Å²) in [6.45, 7) is 7.19. The van der Waals surface area contributed by atoms with Gasteiger partial charge < -0.3 is 15.0 Å². The van der Waals surface area contributed by atoms with Gasteiger partial charge in [-0.15, -0.1) is 0 Å². The molecule has 1 N–H and O–H groups in total. The predicted octanol–water partition coefficient (Wildman–Crippen LogP) is 4.44. The van der Waals surface area contributed by atoms with Gasteiger partial charge in [-0.2, -0.15) is 0 Å². The van der Waals surface area contributed by atoms with Crippen LogP contribution in [-0.2, 0) is 4.74 Å². The average molecular weight is 341 g/mol. The molecule has 25 heavy (non-hydrogen) atoms. The van der Waals surface area contributed by atoms with E-state index in [1.165, 1.54) is 0 Å². The Labute approximate surface area is 149 Å². The molecule has 1 atom stereocenters. The summed E-state index contributed by atoms with van der Waals surface area (Å²) in [4.78, 5) is 18.5. The van der Waals surface area contributed by atoms with Gasteiger partial charge in [-0.1, -0.05) is 6.07 Å². The van der Waals surface area contributed by atoms with E-state index in [0.29, 0.717) is 6.04 Å². The highest BCUT2D eigenvalue weighted by atomic mass is 16.6. The molecule has 1 unspecified atom stereocenters. The van der Waals surface area contributed by atoms with Crippen molar-refractivity contribution in [3.8, 4) is 0 Å². The van der Waals surface area contributed by atoms with Crippen LogP contribution in [0.4, 0.5) is 10.5 Å². The fourth-order valence-electron chi connectivity index (χ4n) is 3.20. The van der Waals surface area contributed by atoms with E-state index in [0.717, 1.165) is 48.9 Å². The van der Waals surface area contributed by atoms with Crippen molar-refractivity contribution in [2.75, 3.05) is 18.4 Å². The SMILES string of the molecule is CC(C)(C)OC(=O)N1CCCC(Nc2cccc3ncccc23)CC1. The largest absolute Gasteiger partial charge is 0.444 e. The molecule has 1 aliphatic heterocycles. The second-order valence-electron chi connectivity index (χ2n) is 7.62. The van der Waals surface area contributed by atoms with Crippen molar-refractivity contribution in [2.24, 2.45) is 0 Å². The van der Waals surface area contributed by atoms with Gasteiger partial charge in [0.05, 0.1) is 5.52 Å². The molecule has 0 saturated carbocycles. The van der Waals surface area contributed by atoms with Gasteiger partial charge in [-0.3, -0.25) is 4.98 Å². The number of amides is 1. The fourth-order valence-corrected chi connectivity index (χ4v) is 3.20. The van der Waals surface area contributed by atoms with Crippen LogP contribution in [0.15, 0.2) is 36.5 Å². The number of pyridine rings is 1. The van der Waals surface area contributed by atoms with E-state index in [-0.39, 0.29) is 6.09 Å². The van der Waals surface area contributed by atoms with Crippen molar-refractivity contribution in [3.63, 3.8) is 0 Å². The summed E-state index contributed by atoms with van der Waals surface area (Å²) >= 11 is 0. The van der Waals surface area contributed by atoms with Gasteiger partial charge in [0.2, 0.25) is 0 Å². The number of ether oxygens (including phenoxy) is 1. The summed E-state index contributed by atoms with van der Waals surface area (Å²) in [7, 11) is 0. The number of benzene rings is 1. The molecule has 5 nitrogen and oxygen atoms in total. The van der Waals surface area contributed by atoms with E-state index < -0.39 is 5.60 Å². The lowest BCUT2D eigenvalue weighted by Gasteiger charge is -2.26. The Kier molecular flexibility index (Phi) is 5.11. The third kappa shape index (κ3) is 4.62. The van der Waals surface area contributed by atoms with E-state index in [1.807, 2.05) is 50.1 Å². The highest BCUT2D eigenvalue weighted by Gasteiger charge is 2.25. The van der Waals surface area contributed by atoms with E-state index in [9.17, 15) is 4.79 Å². The number of rotatable bonds is 2. The lowest BCUT2D eigenvalue weighted by molar-refractivity contribution is 0.0256. The quantitative estimate of drug-likeness (QED) is 0.877. The number of hydrogen-bond donors (Lipinski definition) is 1. The second kappa shape index (κ2) is 7.30. The van der Waals surface area contributed by atoms with Crippen LogP contribution in [0.3, 0.4) is 0 Å². The molecule has 1 fully saturated rings. The molecule has 0 spiro atoms. The number of carbonyl (C=O) groups excluding carboxylic acids is 1. The van der Waals surface area contributed by atoms with Crippen molar-refractivity contribution in [1.29, 1.82) is 0 Å². The fraction of sp³-hybridized carbons (Fsp3) is 0.500. The Morgan fingerprint density at radius 2 is 2.04 bits per heavy atom. The van der Waals surface area contributed by atoms with Crippen LogP contribution in [0.5, 0.6) is 0 Å². The van der Waals surface area contributed by atoms with Gasteiger partial charge in [0.25, 0.3) is 0 Å². The molecule has 1 saturated heterocycles. The maximum atomic E-state index is 12.3. The smallest absolute Gasteiger partial charge is 0.410 e. The number of nitrogens with zero attached hydrogens (tertiary/aromatic N) is 2. The Morgan fingerprint density at radius 1 is 1.20 bits per heavy atom. The zero-order valence-corrected chi connectivity index (χ0v) is 15.3. The summed E-state index contributed by atoms with van der Waals surface area (Å²) in [6, 6.07) is 10.6. The topological polar surface area (TPSA) is 54.5 Å². The first-order valence-electron chi connectivity index (χ1n) is 9.00. The van der Waals surface area contributed by atoms with Crippen LogP contribution in [0.25, 0.3) is 10.9 Å². The maximum Gasteiger partial charge on any atom is 0.410 e. The molecule has 1 aliphatic rings. The molecule has 2 aromatic rings. The molecule has 1 aromatic carbocycles. The van der Waals surface area contributed by atoms with Crippen molar-refractivity contribution in [3.05, 3.63) is 36.5 Å². The third-order valence-electron chi connectivity index (χ3n) is 4.39. The lowest BCUT2D eigenvalue weighted by atomic mass is 10.1. The Bertz CT molecular complexity index is 734. The lowest BCUT2D eigenvalue weighted by Crippen LogP contribution is -2.37. The van der Waals surface area contributed by atoms with Gasteiger partial charge in [0.1, 0.15) is 5.60 Å². The van der Waals surface area contributed by atoms with Crippen LogP contribution >= 0.6 is 0 Å². The molecule has 5 heteroatoms. The highest BCUT2D eigenvalue weighted by Crippen LogP contribution is 2.25. The van der Waals surface area contributed by atoms with Crippen molar-refractivity contribution in [2.45, 2.75) is 51.7 Å². The van der Waals surface area contributed by atoms with Gasteiger partial charge in [-0.25, -0.2) is 4.79 Å². The van der Waals surface area contributed by atoms with Crippen LogP contribution in [0, 0.1) is 0 Å². The number of nitrogens with one attached hydrogen (secondary N) is 1. The molecular formula is C20H27N3O2. The molecule has 0 aliphatic carbocycles. The number of carbonyl (C=O) groups is 1. The van der Waals surface area contributed by atoms with Gasteiger partial charge in [0.15, 0.2) is 0 Å². The minimum Gasteiger partial charge on any atom is -0.444 e. The first-order valence-corrected chi connectivity index (χ1v) is 9.00. The van der Waals surface area contributed by atoms with Crippen LogP contribution in [0.2, 0.25) is 0 Å². The zero-order valence-electron chi connectivity index (χ0n) is 15.3.